The number of aryl methyl sites for hydroxylation is 1. The van der Waals surface area contributed by atoms with Gasteiger partial charge < -0.3 is 4.74 Å². The molecule has 0 amide bonds. The fourth-order valence-electron chi connectivity index (χ4n) is 1.95. The van der Waals surface area contributed by atoms with E-state index in [1.165, 1.54) is 12.0 Å². The van der Waals surface area contributed by atoms with Gasteiger partial charge in [0.05, 0.1) is 5.52 Å². The smallest absolute Gasteiger partial charge is 0.120 e. The average Bonchev–Trinajstić information content (AvgIpc) is 2.88. The van der Waals surface area contributed by atoms with Gasteiger partial charge in [0.15, 0.2) is 0 Å². The average molecular weight is 282 g/mol. The molecule has 2 aromatic carbocycles. The molecule has 1 N–H and O–H groups in total. The SMILES string of the molecule is CCC.Cc1[nH]nc2ccc(OCc3ccccc3)cc12. The number of benzene rings is 2. The van der Waals surface area contributed by atoms with Crippen LogP contribution in [0.4, 0.5) is 0 Å². The van der Waals surface area contributed by atoms with E-state index in [1.54, 1.807) is 0 Å². The molecule has 0 aliphatic rings. The molecular weight excluding hydrogens is 260 g/mol. The van der Waals surface area contributed by atoms with E-state index < -0.39 is 0 Å². The third-order valence-electron chi connectivity index (χ3n) is 2.96. The monoisotopic (exact) mass is 282 g/mol. The highest BCUT2D eigenvalue weighted by Gasteiger charge is 2.03. The third-order valence-corrected chi connectivity index (χ3v) is 2.96. The van der Waals surface area contributed by atoms with Crippen molar-refractivity contribution in [1.29, 1.82) is 0 Å². The Morgan fingerprint density at radius 3 is 2.48 bits per heavy atom. The van der Waals surface area contributed by atoms with Crippen molar-refractivity contribution in [2.45, 2.75) is 33.8 Å². The molecule has 21 heavy (non-hydrogen) atoms. The van der Waals surface area contributed by atoms with Crippen molar-refractivity contribution in [3.8, 4) is 5.75 Å². The Kier molecular flexibility index (Phi) is 5.38. The zero-order chi connectivity index (χ0) is 15.1. The Balaban J connectivity index is 0.000000497. The van der Waals surface area contributed by atoms with Crippen LogP contribution in [0, 0.1) is 6.92 Å². The predicted molar refractivity (Wildman–Crippen MR) is 87.6 cm³/mol. The number of ether oxygens (including phenoxy) is 1. The number of hydrogen-bond donors (Lipinski definition) is 1. The van der Waals surface area contributed by atoms with E-state index in [0.717, 1.165) is 22.3 Å². The van der Waals surface area contributed by atoms with Crippen molar-refractivity contribution in [3.63, 3.8) is 0 Å². The molecule has 0 aliphatic carbocycles. The van der Waals surface area contributed by atoms with Gasteiger partial charge in [-0.25, -0.2) is 0 Å². The summed E-state index contributed by atoms with van der Waals surface area (Å²) in [5.74, 6) is 0.871. The maximum absolute atomic E-state index is 5.78. The summed E-state index contributed by atoms with van der Waals surface area (Å²) < 4.78 is 5.78. The van der Waals surface area contributed by atoms with Gasteiger partial charge in [0, 0.05) is 11.1 Å². The minimum absolute atomic E-state index is 0.587. The van der Waals surface area contributed by atoms with Gasteiger partial charge in [0.1, 0.15) is 12.4 Å². The van der Waals surface area contributed by atoms with Crippen molar-refractivity contribution in [3.05, 3.63) is 59.8 Å². The molecule has 0 fully saturated rings. The molecule has 0 unspecified atom stereocenters. The molecule has 1 aromatic heterocycles. The molecule has 3 heteroatoms. The van der Waals surface area contributed by atoms with Crippen molar-refractivity contribution in [2.24, 2.45) is 0 Å². The van der Waals surface area contributed by atoms with E-state index in [4.69, 9.17) is 4.74 Å². The van der Waals surface area contributed by atoms with Crippen LogP contribution < -0.4 is 4.74 Å². The summed E-state index contributed by atoms with van der Waals surface area (Å²) in [4.78, 5) is 0. The van der Waals surface area contributed by atoms with Crippen LogP contribution in [0.1, 0.15) is 31.5 Å². The molecule has 0 spiro atoms. The summed E-state index contributed by atoms with van der Waals surface area (Å²) in [6.07, 6.45) is 1.25. The summed E-state index contributed by atoms with van der Waals surface area (Å²) in [6.45, 7) is 6.85. The molecular formula is C18H22N2O. The first-order valence-electron chi connectivity index (χ1n) is 7.36. The lowest BCUT2D eigenvalue weighted by Crippen LogP contribution is -1.94. The Morgan fingerprint density at radius 2 is 1.76 bits per heavy atom. The number of aromatic amines is 1. The van der Waals surface area contributed by atoms with Gasteiger partial charge in [-0.3, -0.25) is 5.10 Å². The van der Waals surface area contributed by atoms with Gasteiger partial charge in [-0.2, -0.15) is 5.10 Å². The zero-order valence-corrected chi connectivity index (χ0v) is 12.9. The second-order valence-electron chi connectivity index (χ2n) is 5.01. The first kappa shape index (κ1) is 15.1. The van der Waals surface area contributed by atoms with Crippen molar-refractivity contribution >= 4 is 10.9 Å². The minimum Gasteiger partial charge on any atom is -0.489 e. The van der Waals surface area contributed by atoms with Crippen LogP contribution in [-0.2, 0) is 6.61 Å². The van der Waals surface area contributed by atoms with Gasteiger partial charge in [0.2, 0.25) is 0 Å². The normalized spacial score (nSPS) is 10.0. The van der Waals surface area contributed by atoms with Gasteiger partial charge in [-0.05, 0) is 30.7 Å². The maximum Gasteiger partial charge on any atom is 0.120 e. The number of hydrogen-bond acceptors (Lipinski definition) is 2. The Hall–Kier alpha value is -2.29. The molecule has 3 aromatic rings. The third kappa shape index (κ3) is 4.09. The van der Waals surface area contributed by atoms with Crippen molar-refractivity contribution in [1.82, 2.24) is 10.2 Å². The van der Waals surface area contributed by atoms with Crippen LogP contribution in [0.3, 0.4) is 0 Å². The number of H-pyrrole nitrogens is 1. The summed E-state index contributed by atoms with van der Waals surface area (Å²) in [5.41, 5.74) is 3.20. The summed E-state index contributed by atoms with van der Waals surface area (Å²) >= 11 is 0. The van der Waals surface area contributed by atoms with Crippen LogP contribution >= 0.6 is 0 Å². The predicted octanol–water partition coefficient (Wildman–Crippen LogP) is 4.87. The van der Waals surface area contributed by atoms with Gasteiger partial charge in [-0.1, -0.05) is 50.6 Å². The van der Waals surface area contributed by atoms with Crippen LogP contribution in [0.15, 0.2) is 48.5 Å². The second kappa shape index (κ2) is 7.48. The highest BCUT2D eigenvalue weighted by Crippen LogP contribution is 2.22. The lowest BCUT2D eigenvalue weighted by Gasteiger charge is -2.06. The first-order valence-corrected chi connectivity index (χ1v) is 7.36. The Bertz CT molecular complexity index is 674. The molecule has 0 saturated carbocycles. The lowest BCUT2D eigenvalue weighted by atomic mass is 10.2. The highest BCUT2D eigenvalue weighted by atomic mass is 16.5. The molecule has 1 heterocycles. The molecule has 0 radical (unpaired) electrons. The van der Waals surface area contributed by atoms with Crippen LogP contribution in [-0.4, -0.2) is 10.2 Å². The number of aromatic nitrogens is 2. The summed E-state index contributed by atoms with van der Waals surface area (Å²) in [5, 5.41) is 8.28. The van der Waals surface area contributed by atoms with E-state index in [1.807, 2.05) is 43.3 Å². The maximum atomic E-state index is 5.78. The molecule has 0 atom stereocenters. The molecule has 3 nitrogen and oxygen atoms in total. The van der Waals surface area contributed by atoms with E-state index in [-0.39, 0.29) is 0 Å². The lowest BCUT2D eigenvalue weighted by molar-refractivity contribution is 0.306. The summed E-state index contributed by atoms with van der Waals surface area (Å²) in [6, 6.07) is 16.1. The molecule has 3 rings (SSSR count). The quantitative estimate of drug-likeness (QED) is 0.744. The number of nitrogens with zero attached hydrogens (tertiary/aromatic N) is 1. The minimum atomic E-state index is 0.587. The Morgan fingerprint density at radius 1 is 1.05 bits per heavy atom. The first-order chi connectivity index (χ1) is 10.2. The molecule has 0 bridgehead atoms. The standard InChI is InChI=1S/C15H14N2O.C3H8/c1-11-14-9-13(7-8-15(14)17-16-11)18-10-12-5-3-2-4-6-12;1-3-2/h2-9H,10H2,1H3,(H,16,17);3H2,1-2H3. The van der Waals surface area contributed by atoms with Gasteiger partial charge >= 0.3 is 0 Å². The molecule has 110 valence electrons. The van der Waals surface area contributed by atoms with Gasteiger partial charge in [0.25, 0.3) is 0 Å². The van der Waals surface area contributed by atoms with Crippen molar-refractivity contribution in [2.75, 3.05) is 0 Å². The topological polar surface area (TPSA) is 37.9 Å². The van der Waals surface area contributed by atoms with Crippen molar-refractivity contribution < 1.29 is 4.74 Å². The molecule has 0 saturated heterocycles. The van der Waals surface area contributed by atoms with Gasteiger partial charge in [-0.15, -0.1) is 0 Å². The zero-order valence-electron chi connectivity index (χ0n) is 12.9. The fourth-order valence-corrected chi connectivity index (χ4v) is 1.95. The van der Waals surface area contributed by atoms with E-state index in [0.29, 0.717) is 6.61 Å². The van der Waals surface area contributed by atoms with Crippen LogP contribution in [0.2, 0.25) is 0 Å². The second-order valence-corrected chi connectivity index (χ2v) is 5.01. The largest absolute Gasteiger partial charge is 0.489 e. The molecule has 0 aliphatic heterocycles. The highest BCUT2D eigenvalue weighted by molar-refractivity contribution is 5.82. The van der Waals surface area contributed by atoms with E-state index in [2.05, 4.69) is 36.2 Å². The van der Waals surface area contributed by atoms with E-state index >= 15 is 0 Å². The summed E-state index contributed by atoms with van der Waals surface area (Å²) in [7, 11) is 0. The number of rotatable bonds is 3. The fraction of sp³-hybridized carbons (Fsp3) is 0.278. The Labute approximate surface area is 126 Å². The number of fused-ring (bicyclic) bond motifs is 1. The van der Waals surface area contributed by atoms with Crippen LogP contribution in [0.5, 0.6) is 5.75 Å². The van der Waals surface area contributed by atoms with Crippen LogP contribution in [0.25, 0.3) is 10.9 Å². The number of nitrogens with one attached hydrogen (secondary N) is 1. The van der Waals surface area contributed by atoms with E-state index in [9.17, 15) is 0 Å².